The van der Waals surface area contributed by atoms with E-state index in [0.717, 1.165) is 41.7 Å². The maximum absolute atomic E-state index is 13.3. The van der Waals surface area contributed by atoms with Crippen LogP contribution in [-0.2, 0) is 13.6 Å². The quantitative estimate of drug-likeness (QED) is 0.537. The van der Waals surface area contributed by atoms with Crippen molar-refractivity contribution in [2.24, 2.45) is 7.05 Å². The molecule has 1 N–H and O–H groups in total. The van der Waals surface area contributed by atoms with Gasteiger partial charge in [0.15, 0.2) is 5.65 Å². The van der Waals surface area contributed by atoms with E-state index < -0.39 is 0 Å². The number of unbranched alkanes of at least 4 members (excludes halogenated alkanes) is 1. The summed E-state index contributed by atoms with van der Waals surface area (Å²) in [6, 6.07) is 13.5. The Morgan fingerprint density at radius 1 is 1.17 bits per heavy atom. The van der Waals surface area contributed by atoms with Crippen molar-refractivity contribution in [1.29, 1.82) is 0 Å². The summed E-state index contributed by atoms with van der Waals surface area (Å²) >= 11 is 0. The summed E-state index contributed by atoms with van der Waals surface area (Å²) in [4.78, 5) is 18.0. The number of fused-ring (bicyclic) bond motifs is 1. The molecule has 0 bridgehead atoms. The number of amides is 1. The number of aromatic nitrogens is 5. The number of rotatable bonds is 6. The molecule has 7 heteroatoms. The molecule has 0 saturated heterocycles. The first-order valence-electron chi connectivity index (χ1n) is 9.81. The zero-order valence-electron chi connectivity index (χ0n) is 16.9. The molecule has 7 nitrogen and oxygen atoms in total. The van der Waals surface area contributed by atoms with E-state index in [0.29, 0.717) is 17.0 Å². The molecule has 0 atom stereocenters. The van der Waals surface area contributed by atoms with Gasteiger partial charge >= 0.3 is 0 Å². The van der Waals surface area contributed by atoms with Crippen LogP contribution in [-0.4, -0.2) is 30.5 Å². The second-order valence-electron chi connectivity index (χ2n) is 7.08. The van der Waals surface area contributed by atoms with Crippen molar-refractivity contribution in [2.45, 2.75) is 33.2 Å². The van der Waals surface area contributed by atoms with Gasteiger partial charge in [-0.15, -0.1) is 0 Å². The maximum atomic E-state index is 13.3. The van der Waals surface area contributed by atoms with Crippen molar-refractivity contribution < 1.29 is 4.79 Å². The van der Waals surface area contributed by atoms with Crippen LogP contribution < -0.4 is 5.32 Å². The minimum Gasteiger partial charge on any atom is -0.307 e. The van der Waals surface area contributed by atoms with E-state index in [2.05, 4.69) is 22.4 Å². The van der Waals surface area contributed by atoms with Gasteiger partial charge in [-0.1, -0.05) is 43.7 Å². The van der Waals surface area contributed by atoms with E-state index in [1.807, 2.05) is 61.1 Å². The number of aryl methyl sites for hydroxylation is 3. The Bertz CT molecular complexity index is 1160. The number of hydrogen-bond donors (Lipinski definition) is 1. The predicted octanol–water partition coefficient (Wildman–Crippen LogP) is 4.19. The molecule has 0 radical (unpaired) electrons. The fourth-order valence-electron chi connectivity index (χ4n) is 3.49. The second-order valence-corrected chi connectivity index (χ2v) is 7.08. The van der Waals surface area contributed by atoms with Gasteiger partial charge in [-0.3, -0.25) is 9.48 Å². The third kappa shape index (κ3) is 3.63. The summed E-state index contributed by atoms with van der Waals surface area (Å²) in [5.74, 6) is 0.500. The van der Waals surface area contributed by atoms with Crippen LogP contribution in [0.15, 0.2) is 48.7 Å². The lowest BCUT2D eigenvalue weighted by Crippen LogP contribution is -2.17. The van der Waals surface area contributed by atoms with Crippen LogP contribution in [0.4, 0.5) is 5.82 Å². The maximum Gasteiger partial charge on any atom is 0.257 e. The van der Waals surface area contributed by atoms with Gasteiger partial charge in [-0.25, -0.2) is 9.67 Å². The second kappa shape index (κ2) is 7.87. The average Bonchev–Trinajstić information content (AvgIpc) is 3.30. The Balaban J connectivity index is 1.78. The molecule has 0 fully saturated rings. The van der Waals surface area contributed by atoms with Gasteiger partial charge in [0.2, 0.25) is 0 Å². The Morgan fingerprint density at radius 2 is 1.97 bits per heavy atom. The summed E-state index contributed by atoms with van der Waals surface area (Å²) in [5, 5.41) is 12.6. The van der Waals surface area contributed by atoms with Gasteiger partial charge in [-0.2, -0.15) is 10.2 Å². The molecule has 0 saturated carbocycles. The summed E-state index contributed by atoms with van der Waals surface area (Å²) in [6.07, 6.45) is 3.77. The lowest BCUT2D eigenvalue weighted by molar-refractivity contribution is 0.102. The van der Waals surface area contributed by atoms with Gasteiger partial charge in [0, 0.05) is 25.2 Å². The van der Waals surface area contributed by atoms with Crippen LogP contribution in [0.2, 0.25) is 0 Å². The largest absolute Gasteiger partial charge is 0.307 e. The first-order valence-corrected chi connectivity index (χ1v) is 9.81. The van der Waals surface area contributed by atoms with Crippen LogP contribution in [0.3, 0.4) is 0 Å². The number of hydrogen-bond acceptors (Lipinski definition) is 4. The molecular weight excluding hydrogens is 364 g/mol. The topological polar surface area (TPSA) is 77.6 Å². The third-order valence-corrected chi connectivity index (χ3v) is 4.96. The van der Waals surface area contributed by atoms with Crippen LogP contribution in [0.25, 0.3) is 22.3 Å². The number of carbonyl (C=O) groups is 1. The molecule has 29 heavy (non-hydrogen) atoms. The molecule has 3 aromatic heterocycles. The highest BCUT2D eigenvalue weighted by molar-refractivity contribution is 6.13. The highest BCUT2D eigenvalue weighted by atomic mass is 16.1. The monoisotopic (exact) mass is 388 g/mol. The number of carbonyl (C=O) groups excluding carboxylic acids is 1. The summed E-state index contributed by atoms with van der Waals surface area (Å²) in [5.41, 5.74) is 3.72. The van der Waals surface area contributed by atoms with Gasteiger partial charge in [0.05, 0.1) is 28.5 Å². The zero-order chi connectivity index (χ0) is 20.4. The fraction of sp³-hybridized carbons (Fsp3) is 0.273. The molecule has 0 spiro atoms. The third-order valence-electron chi connectivity index (χ3n) is 4.96. The van der Waals surface area contributed by atoms with E-state index in [4.69, 9.17) is 4.98 Å². The summed E-state index contributed by atoms with van der Waals surface area (Å²) in [7, 11) is 1.85. The smallest absolute Gasteiger partial charge is 0.257 e. The van der Waals surface area contributed by atoms with Gasteiger partial charge in [-0.05, 0) is 19.4 Å². The number of anilines is 1. The fourth-order valence-corrected chi connectivity index (χ4v) is 3.49. The number of nitrogens with one attached hydrogen (secondary N) is 1. The van der Waals surface area contributed by atoms with Crippen molar-refractivity contribution in [2.75, 3.05) is 5.32 Å². The summed E-state index contributed by atoms with van der Waals surface area (Å²) < 4.78 is 3.55. The first-order chi connectivity index (χ1) is 14.1. The molecule has 0 aliphatic carbocycles. The van der Waals surface area contributed by atoms with E-state index in [9.17, 15) is 4.79 Å². The highest BCUT2D eigenvalue weighted by Gasteiger charge is 2.20. The Hall–Kier alpha value is -3.48. The number of benzene rings is 1. The number of pyridine rings is 1. The summed E-state index contributed by atoms with van der Waals surface area (Å²) in [6.45, 7) is 4.80. The van der Waals surface area contributed by atoms with Crippen LogP contribution in [0, 0.1) is 6.92 Å². The van der Waals surface area contributed by atoms with E-state index >= 15 is 0 Å². The van der Waals surface area contributed by atoms with Crippen molar-refractivity contribution in [3.05, 3.63) is 59.9 Å². The zero-order valence-corrected chi connectivity index (χ0v) is 16.9. The lowest BCUT2D eigenvalue weighted by atomic mass is 10.0. The minimum atomic E-state index is -0.191. The number of nitrogens with zero attached hydrogens (tertiary/aromatic N) is 5. The van der Waals surface area contributed by atoms with Crippen LogP contribution >= 0.6 is 0 Å². The van der Waals surface area contributed by atoms with Gasteiger partial charge in [0.25, 0.3) is 5.91 Å². The minimum absolute atomic E-state index is 0.191. The predicted molar refractivity (Wildman–Crippen MR) is 114 cm³/mol. The molecule has 148 valence electrons. The Labute approximate surface area is 169 Å². The average molecular weight is 388 g/mol. The van der Waals surface area contributed by atoms with Gasteiger partial charge < -0.3 is 5.32 Å². The van der Waals surface area contributed by atoms with Crippen molar-refractivity contribution in [3.63, 3.8) is 0 Å². The molecule has 3 heterocycles. The molecule has 0 aliphatic rings. The SMILES string of the molecule is CCCCn1nccc1NC(=O)c1cc(-c2ccccc2)nc2c1c(C)nn2C. The van der Waals surface area contributed by atoms with Crippen molar-refractivity contribution >= 4 is 22.8 Å². The molecule has 0 aliphatic heterocycles. The molecular formula is C22H24N6O. The molecule has 4 aromatic rings. The van der Waals surface area contributed by atoms with Crippen molar-refractivity contribution in [1.82, 2.24) is 24.5 Å². The standard InChI is InChI=1S/C22H24N6O/c1-4-5-13-28-19(11-12-23-28)25-22(29)17-14-18(16-9-7-6-8-10-16)24-21-20(17)15(2)26-27(21)3/h6-12,14H,4-5,13H2,1-3H3,(H,25,29). The van der Waals surface area contributed by atoms with E-state index in [1.165, 1.54) is 0 Å². The van der Waals surface area contributed by atoms with Crippen LogP contribution in [0.1, 0.15) is 35.8 Å². The van der Waals surface area contributed by atoms with Crippen molar-refractivity contribution in [3.8, 4) is 11.3 Å². The van der Waals surface area contributed by atoms with Crippen LogP contribution in [0.5, 0.6) is 0 Å². The highest BCUT2D eigenvalue weighted by Crippen LogP contribution is 2.27. The Kier molecular flexibility index (Phi) is 5.12. The molecule has 1 amide bonds. The first kappa shape index (κ1) is 18.9. The molecule has 1 aromatic carbocycles. The van der Waals surface area contributed by atoms with E-state index in [1.54, 1.807) is 10.9 Å². The lowest BCUT2D eigenvalue weighted by Gasteiger charge is -2.11. The van der Waals surface area contributed by atoms with E-state index in [-0.39, 0.29) is 5.91 Å². The van der Waals surface area contributed by atoms with Gasteiger partial charge in [0.1, 0.15) is 5.82 Å². The molecule has 0 unspecified atom stereocenters. The normalized spacial score (nSPS) is 11.1. The molecule has 4 rings (SSSR count). The Morgan fingerprint density at radius 3 is 2.72 bits per heavy atom.